The summed E-state index contributed by atoms with van der Waals surface area (Å²) < 4.78 is 0. The van der Waals surface area contributed by atoms with Crippen LogP contribution in [0.1, 0.15) is 45.1 Å². The summed E-state index contributed by atoms with van der Waals surface area (Å²) in [6.45, 7) is 4.75. The first-order valence-electron chi connectivity index (χ1n) is 7.34. The fourth-order valence-electron chi connectivity index (χ4n) is 3.07. The van der Waals surface area contributed by atoms with Gasteiger partial charge in [-0.05, 0) is 25.2 Å². The molecular formula is C14H25N5O. The van der Waals surface area contributed by atoms with Gasteiger partial charge in [-0.2, -0.15) is 0 Å². The molecule has 5 N–H and O–H groups in total. The molecule has 0 bridgehead atoms. The van der Waals surface area contributed by atoms with Crippen LogP contribution in [0.15, 0.2) is 6.33 Å². The third kappa shape index (κ3) is 3.37. The molecule has 2 unspecified atom stereocenters. The maximum atomic E-state index is 10.6. The molecule has 0 radical (unpaired) electrons. The molecule has 1 aromatic heterocycles. The van der Waals surface area contributed by atoms with Gasteiger partial charge in [-0.1, -0.05) is 26.7 Å². The molecule has 1 aliphatic carbocycles. The standard InChI is InChI=1S/C14H25N5O/c1-3-11-12(17-9-18-13(11)19-15)16-8-14(20)6-4-5-10(2)7-14/h9-10,20H,3-8,15H2,1-2H3,(H2,16,17,18,19). The Balaban J connectivity index is 2.07. The molecule has 0 spiro atoms. The van der Waals surface area contributed by atoms with E-state index in [1.807, 2.05) is 6.92 Å². The Kier molecular flexibility index (Phi) is 4.77. The van der Waals surface area contributed by atoms with Gasteiger partial charge in [0.2, 0.25) is 0 Å². The van der Waals surface area contributed by atoms with Gasteiger partial charge in [-0.25, -0.2) is 15.8 Å². The maximum Gasteiger partial charge on any atom is 0.148 e. The van der Waals surface area contributed by atoms with Crippen molar-refractivity contribution in [2.75, 3.05) is 17.3 Å². The van der Waals surface area contributed by atoms with Crippen LogP contribution in [0.5, 0.6) is 0 Å². The first kappa shape index (κ1) is 15.0. The van der Waals surface area contributed by atoms with Crippen molar-refractivity contribution in [3.05, 3.63) is 11.9 Å². The molecule has 6 heteroatoms. The van der Waals surface area contributed by atoms with Crippen molar-refractivity contribution < 1.29 is 5.11 Å². The lowest BCUT2D eigenvalue weighted by Gasteiger charge is -2.35. The van der Waals surface area contributed by atoms with Crippen LogP contribution in [0.2, 0.25) is 0 Å². The van der Waals surface area contributed by atoms with Gasteiger partial charge >= 0.3 is 0 Å². The SMILES string of the molecule is CCc1c(NN)ncnc1NCC1(O)CCCC(C)C1. The van der Waals surface area contributed by atoms with E-state index in [9.17, 15) is 5.11 Å². The number of hydrogen-bond acceptors (Lipinski definition) is 6. The first-order valence-corrected chi connectivity index (χ1v) is 7.34. The zero-order chi connectivity index (χ0) is 14.6. The maximum absolute atomic E-state index is 10.6. The van der Waals surface area contributed by atoms with Gasteiger partial charge in [0.1, 0.15) is 18.0 Å². The molecule has 0 saturated heterocycles. The minimum absolute atomic E-state index is 0.519. The molecular weight excluding hydrogens is 254 g/mol. The predicted molar refractivity (Wildman–Crippen MR) is 80.3 cm³/mol. The molecule has 0 aromatic carbocycles. The molecule has 112 valence electrons. The Hall–Kier alpha value is -1.40. The smallest absolute Gasteiger partial charge is 0.148 e. The molecule has 1 aromatic rings. The Labute approximate surface area is 120 Å². The molecule has 6 nitrogen and oxygen atoms in total. The first-order chi connectivity index (χ1) is 9.58. The number of nitrogens with two attached hydrogens (primary N) is 1. The van der Waals surface area contributed by atoms with Crippen LogP contribution in [0.4, 0.5) is 11.6 Å². The topological polar surface area (TPSA) is 96.1 Å². The lowest BCUT2D eigenvalue weighted by Crippen LogP contribution is -2.41. The lowest BCUT2D eigenvalue weighted by molar-refractivity contribution is -0.000838. The summed E-state index contributed by atoms with van der Waals surface area (Å²) in [7, 11) is 0. The largest absolute Gasteiger partial charge is 0.388 e. The second-order valence-electron chi connectivity index (χ2n) is 5.83. The molecule has 1 aliphatic rings. The summed E-state index contributed by atoms with van der Waals surface area (Å²) in [6, 6.07) is 0. The number of aromatic nitrogens is 2. The molecule has 0 amide bonds. The average molecular weight is 279 g/mol. The fourth-order valence-corrected chi connectivity index (χ4v) is 3.07. The van der Waals surface area contributed by atoms with Crippen molar-refractivity contribution in [2.24, 2.45) is 11.8 Å². The summed E-state index contributed by atoms with van der Waals surface area (Å²) in [5.41, 5.74) is 2.90. The zero-order valence-corrected chi connectivity index (χ0v) is 12.3. The third-order valence-corrected chi connectivity index (χ3v) is 4.09. The number of hydrazine groups is 1. The van der Waals surface area contributed by atoms with E-state index in [-0.39, 0.29) is 0 Å². The van der Waals surface area contributed by atoms with Crippen molar-refractivity contribution >= 4 is 11.6 Å². The third-order valence-electron chi connectivity index (χ3n) is 4.09. The molecule has 2 rings (SSSR count). The van der Waals surface area contributed by atoms with E-state index in [2.05, 4.69) is 27.6 Å². The normalized spacial score (nSPS) is 26.3. The number of anilines is 2. The van der Waals surface area contributed by atoms with E-state index >= 15 is 0 Å². The highest BCUT2D eigenvalue weighted by molar-refractivity contribution is 5.56. The molecule has 2 atom stereocenters. The quantitative estimate of drug-likeness (QED) is 0.484. The number of aliphatic hydroxyl groups is 1. The van der Waals surface area contributed by atoms with Crippen molar-refractivity contribution in [1.29, 1.82) is 0 Å². The van der Waals surface area contributed by atoms with Crippen molar-refractivity contribution in [1.82, 2.24) is 9.97 Å². The van der Waals surface area contributed by atoms with Gasteiger partial charge in [0, 0.05) is 12.1 Å². The number of hydrogen-bond donors (Lipinski definition) is 4. The molecule has 1 fully saturated rings. The van der Waals surface area contributed by atoms with Crippen molar-refractivity contribution in [3.8, 4) is 0 Å². The highest BCUT2D eigenvalue weighted by atomic mass is 16.3. The minimum Gasteiger partial charge on any atom is -0.388 e. The van der Waals surface area contributed by atoms with Gasteiger partial charge in [0.05, 0.1) is 5.60 Å². The van der Waals surface area contributed by atoms with E-state index in [0.717, 1.165) is 37.1 Å². The fraction of sp³-hybridized carbons (Fsp3) is 0.714. The van der Waals surface area contributed by atoms with Gasteiger partial charge in [0.25, 0.3) is 0 Å². The van der Waals surface area contributed by atoms with E-state index < -0.39 is 5.60 Å². The Bertz CT molecular complexity index is 453. The van der Waals surface area contributed by atoms with Crippen molar-refractivity contribution in [3.63, 3.8) is 0 Å². The van der Waals surface area contributed by atoms with Crippen LogP contribution in [0, 0.1) is 5.92 Å². The summed E-state index contributed by atoms with van der Waals surface area (Å²) in [5.74, 6) is 7.42. The predicted octanol–water partition coefficient (Wildman–Crippen LogP) is 1.68. The van der Waals surface area contributed by atoms with Gasteiger partial charge in [-0.15, -0.1) is 0 Å². The highest BCUT2D eigenvalue weighted by Gasteiger charge is 2.32. The number of rotatable bonds is 5. The average Bonchev–Trinajstić information content (AvgIpc) is 2.44. The minimum atomic E-state index is -0.635. The highest BCUT2D eigenvalue weighted by Crippen LogP contribution is 2.32. The van der Waals surface area contributed by atoms with Crippen LogP contribution < -0.4 is 16.6 Å². The zero-order valence-electron chi connectivity index (χ0n) is 12.3. The van der Waals surface area contributed by atoms with Crippen molar-refractivity contribution in [2.45, 2.75) is 51.6 Å². The van der Waals surface area contributed by atoms with Gasteiger partial charge in [-0.3, -0.25) is 0 Å². The molecule has 0 aliphatic heterocycles. The Morgan fingerprint density at radius 3 is 2.85 bits per heavy atom. The summed E-state index contributed by atoms with van der Waals surface area (Å²) in [4.78, 5) is 8.37. The van der Waals surface area contributed by atoms with Gasteiger partial charge in [0.15, 0.2) is 0 Å². The molecule has 20 heavy (non-hydrogen) atoms. The second-order valence-corrected chi connectivity index (χ2v) is 5.83. The second kappa shape index (κ2) is 6.37. The van der Waals surface area contributed by atoms with Crippen LogP contribution >= 0.6 is 0 Å². The van der Waals surface area contributed by atoms with E-state index in [4.69, 9.17) is 5.84 Å². The number of nitrogens with zero attached hydrogens (tertiary/aromatic N) is 2. The van der Waals surface area contributed by atoms with E-state index in [1.54, 1.807) is 0 Å². The summed E-state index contributed by atoms with van der Waals surface area (Å²) in [5, 5.41) is 13.9. The molecule has 1 heterocycles. The Morgan fingerprint density at radius 1 is 1.45 bits per heavy atom. The van der Waals surface area contributed by atoms with Crippen LogP contribution in [0.25, 0.3) is 0 Å². The monoisotopic (exact) mass is 279 g/mol. The number of nitrogen functional groups attached to an aromatic ring is 1. The van der Waals surface area contributed by atoms with E-state index in [0.29, 0.717) is 18.3 Å². The van der Waals surface area contributed by atoms with E-state index in [1.165, 1.54) is 12.7 Å². The number of nitrogens with one attached hydrogen (secondary N) is 2. The van der Waals surface area contributed by atoms with Crippen LogP contribution in [-0.2, 0) is 6.42 Å². The summed E-state index contributed by atoms with van der Waals surface area (Å²) in [6.07, 6.45) is 6.23. The lowest BCUT2D eigenvalue weighted by atomic mass is 9.79. The Morgan fingerprint density at radius 2 is 2.20 bits per heavy atom. The van der Waals surface area contributed by atoms with Gasteiger partial charge < -0.3 is 15.8 Å². The van der Waals surface area contributed by atoms with Crippen LogP contribution in [0.3, 0.4) is 0 Å². The molecule has 1 saturated carbocycles. The summed E-state index contributed by atoms with van der Waals surface area (Å²) >= 11 is 0. The van der Waals surface area contributed by atoms with Crippen LogP contribution in [-0.4, -0.2) is 27.2 Å².